The summed E-state index contributed by atoms with van der Waals surface area (Å²) in [7, 11) is 3.29. The van der Waals surface area contributed by atoms with Crippen molar-refractivity contribution in [3.63, 3.8) is 0 Å². The molecular formula is C19H18F2N6O. The van der Waals surface area contributed by atoms with Crippen LogP contribution in [0, 0.1) is 11.6 Å². The largest absolute Gasteiger partial charge is 0.494 e. The minimum absolute atomic E-state index is 0.0360. The molecule has 0 bridgehead atoms. The van der Waals surface area contributed by atoms with E-state index in [-0.39, 0.29) is 17.5 Å². The number of anilines is 5. The highest BCUT2D eigenvalue weighted by Gasteiger charge is 2.16. The van der Waals surface area contributed by atoms with E-state index in [9.17, 15) is 8.78 Å². The van der Waals surface area contributed by atoms with E-state index in [1.165, 1.54) is 30.9 Å². The molecule has 28 heavy (non-hydrogen) atoms. The van der Waals surface area contributed by atoms with Crippen molar-refractivity contribution in [2.75, 3.05) is 29.8 Å². The van der Waals surface area contributed by atoms with E-state index >= 15 is 0 Å². The zero-order valence-corrected chi connectivity index (χ0v) is 15.3. The quantitative estimate of drug-likeness (QED) is 0.619. The van der Waals surface area contributed by atoms with Crippen molar-refractivity contribution in [1.29, 1.82) is 0 Å². The molecule has 0 unspecified atom stereocenters. The number of aromatic nitrogens is 2. The highest BCUT2D eigenvalue weighted by molar-refractivity contribution is 5.67. The number of rotatable bonds is 5. The Kier molecular flexibility index (Phi) is 4.66. The normalized spacial score (nSPS) is 12.6. The summed E-state index contributed by atoms with van der Waals surface area (Å²) in [6.45, 7) is 0.772. The number of methoxy groups -OCH3 is 1. The molecule has 0 amide bonds. The molecule has 0 aliphatic carbocycles. The standard InChI is InChI=1S/C19H18F2N6O/c1-27-16-7-12(4-3-11(16)9-23-27)25-19-22-10-15(21)18(26-19)24-13-5-6-14(20)17(8-13)28-2/h3-8,10,23H,9H2,1-2H3,(H2,22,24,25,26). The predicted octanol–water partition coefficient (Wildman–Crippen LogP) is 3.71. The van der Waals surface area contributed by atoms with Crippen LogP contribution in [0.1, 0.15) is 5.56 Å². The molecule has 0 radical (unpaired) electrons. The van der Waals surface area contributed by atoms with Crippen LogP contribution in [0.4, 0.5) is 37.6 Å². The van der Waals surface area contributed by atoms with Gasteiger partial charge >= 0.3 is 0 Å². The zero-order chi connectivity index (χ0) is 19.7. The Morgan fingerprint density at radius 2 is 1.86 bits per heavy atom. The third-order valence-electron chi connectivity index (χ3n) is 4.37. The average molecular weight is 384 g/mol. The summed E-state index contributed by atoms with van der Waals surface area (Å²) in [6.07, 6.45) is 1.07. The van der Waals surface area contributed by atoms with E-state index in [0.717, 1.165) is 24.1 Å². The maximum atomic E-state index is 14.2. The van der Waals surface area contributed by atoms with Gasteiger partial charge in [-0.1, -0.05) is 6.07 Å². The molecule has 0 fully saturated rings. The van der Waals surface area contributed by atoms with Gasteiger partial charge in [-0.2, -0.15) is 4.98 Å². The van der Waals surface area contributed by atoms with Crippen LogP contribution in [0.3, 0.4) is 0 Å². The van der Waals surface area contributed by atoms with Crippen molar-refractivity contribution >= 4 is 28.8 Å². The minimum Gasteiger partial charge on any atom is -0.494 e. The highest BCUT2D eigenvalue weighted by atomic mass is 19.1. The van der Waals surface area contributed by atoms with Gasteiger partial charge in [0.05, 0.1) is 19.0 Å². The molecule has 1 aromatic heterocycles. The molecule has 9 heteroatoms. The third-order valence-corrected chi connectivity index (χ3v) is 4.37. The van der Waals surface area contributed by atoms with Crippen LogP contribution in [0.2, 0.25) is 0 Å². The monoisotopic (exact) mass is 384 g/mol. The third kappa shape index (κ3) is 3.52. The van der Waals surface area contributed by atoms with Gasteiger partial charge in [-0.15, -0.1) is 0 Å². The van der Waals surface area contributed by atoms with E-state index in [2.05, 4.69) is 26.0 Å². The second-order valence-electron chi connectivity index (χ2n) is 6.23. The minimum atomic E-state index is -0.633. The summed E-state index contributed by atoms with van der Waals surface area (Å²) in [6, 6.07) is 9.99. The topological polar surface area (TPSA) is 74.3 Å². The molecule has 144 valence electrons. The number of benzene rings is 2. The number of hydrogen-bond donors (Lipinski definition) is 3. The summed E-state index contributed by atoms with van der Waals surface area (Å²) >= 11 is 0. The molecule has 0 saturated carbocycles. The summed E-state index contributed by atoms with van der Waals surface area (Å²) in [5, 5.41) is 7.82. The first-order chi connectivity index (χ1) is 13.5. The Morgan fingerprint density at radius 1 is 1.07 bits per heavy atom. The Labute approximate surface area is 160 Å². The van der Waals surface area contributed by atoms with Crippen molar-refractivity contribution < 1.29 is 13.5 Å². The molecule has 1 aliphatic heterocycles. The van der Waals surface area contributed by atoms with E-state index in [1.54, 1.807) is 0 Å². The first kappa shape index (κ1) is 17.9. The van der Waals surface area contributed by atoms with E-state index in [4.69, 9.17) is 4.74 Å². The van der Waals surface area contributed by atoms with Crippen LogP contribution in [-0.2, 0) is 6.54 Å². The maximum absolute atomic E-state index is 14.2. The lowest BCUT2D eigenvalue weighted by Crippen LogP contribution is -2.26. The highest BCUT2D eigenvalue weighted by Crippen LogP contribution is 2.29. The fourth-order valence-corrected chi connectivity index (χ4v) is 2.91. The van der Waals surface area contributed by atoms with Gasteiger partial charge in [0, 0.05) is 31.0 Å². The van der Waals surface area contributed by atoms with Crippen molar-refractivity contribution in [3.8, 4) is 5.75 Å². The van der Waals surface area contributed by atoms with Crippen molar-refractivity contribution in [2.45, 2.75) is 6.54 Å². The first-order valence-corrected chi connectivity index (χ1v) is 8.54. The molecule has 1 aliphatic rings. The molecule has 2 aromatic carbocycles. The van der Waals surface area contributed by atoms with Gasteiger partial charge < -0.3 is 20.4 Å². The molecule has 7 nitrogen and oxygen atoms in total. The second-order valence-corrected chi connectivity index (χ2v) is 6.23. The van der Waals surface area contributed by atoms with Gasteiger partial charge in [0.1, 0.15) is 0 Å². The van der Waals surface area contributed by atoms with Gasteiger partial charge in [-0.3, -0.25) is 0 Å². The Balaban J connectivity index is 1.57. The van der Waals surface area contributed by atoms with Crippen LogP contribution in [0.15, 0.2) is 42.6 Å². The molecule has 2 heterocycles. The number of fused-ring (bicyclic) bond motifs is 1. The van der Waals surface area contributed by atoms with Crippen molar-refractivity contribution in [1.82, 2.24) is 15.4 Å². The molecule has 0 spiro atoms. The Hall–Kier alpha value is -3.46. The van der Waals surface area contributed by atoms with Crippen LogP contribution in [0.25, 0.3) is 0 Å². The van der Waals surface area contributed by atoms with Crippen LogP contribution >= 0.6 is 0 Å². The van der Waals surface area contributed by atoms with E-state index in [1.807, 2.05) is 30.3 Å². The lowest BCUT2D eigenvalue weighted by Gasteiger charge is -2.14. The van der Waals surface area contributed by atoms with Gasteiger partial charge in [-0.05, 0) is 29.8 Å². The summed E-state index contributed by atoms with van der Waals surface area (Å²) in [4.78, 5) is 8.17. The SMILES string of the molecule is COc1cc(Nc2nc(Nc3ccc4c(c3)N(C)NC4)ncc2F)ccc1F. The summed E-state index contributed by atoms with van der Waals surface area (Å²) < 4.78 is 32.6. The van der Waals surface area contributed by atoms with Gasteiger partial charge in [-0.25, -0.2) is 19.2 Å². The van der Waals surface area contributed by atoms with Gasteiger partial charge in [0.25, 0.3) is 0 Å². The fraction of sp³-hybridized carbons (Fsp3) is 0.158. The first-order valence-electron chi connectivity index (χ1n) is 8.54. The van der Waals surface area contributed by atoms with Crippen LogP contribution in [-0.4, -0.2) is 24.1 Å². The Morgan fingerprint density at radius 3 is 2.68 bits per heavy atom. The van der Waals surface area contributed by atoms with E-state index < -0.39 is 11.6 Å². The number of nitrogens with one attached hydrogen (secondary N) is 3. The van der Waals surface area contributed by atoms with Crippen LogP contribution < -0.4 is 25.8 Å². The lowest BCUT2D eigenvalue weighted by atomic mass is 10.2. The molecule has 3 N–H and O–H groups in total. The van der Waals surface area contributed by atoms with Crippen molar-refractivity contribution in [2.24, 2.45) is 0 Å². The molecule has 4 rings (SSSR count). The predicted molar refractivity (Wildman–Crippen MR) is 103 cm³/mol. The Bertz CT molecular complexity index is 1030. The maximum Gasteiger partial charge on any atom is 0.229 e. The molecule has 0 atom stereocenters. The summed E-state index contributed by atoms with van der Waals surface area (Å²) in [5.41, 5.74) is 6.65. The van der Waals surface area contributed by atoms with E-state index in [0.29, 0.717) is 5.69 Å². The van der Waals surface area contributed by atoms with Crippen molar-refractivity contribution in [3.05, 3.63) is 59.8 Å². The molecular weight excluding hydrogens is 366 g/mol. The number of hydrazine groups is 1. The molecule has 0 saturated heterocycles. The number of nitrogens with zero attached hydrogens (tertiary/aromatic N) is 3. The van der Waals surface area contributed by atoms with Gasteiger partial charge in [0.2, 0.25) is 5.95 Å². The van der Waals surface area contributed by atoms with Crippen LogP contribution in [0.5, 0.6) is 5.75 Å². The second kappa shape index (κ2) is 7.28. The smallest absolute Gasteiger partial charge is 0.229 e. The number of halogens is 2. The van der Waals surface area contributed by atoms with Gasteiger partial charge in [0.15, 0.2) is 23.2 Å². The number of hydrogen-bond acceptors (Lipinski definition) is 7. The lowest BCUT2D eigenvalue weighted by molar-refractivity contribution is 0.387. The average Bonchev–Trinajstić information content (AvgIpc) is 3.06. The molecule has 3 aromatic rings. The summed E-state index contributed by atoms with van der Waals surface area (Å²) in [5.74, 6) is -0.896. The zero-order valence-electron chi connectivity index (χ0n) is 15.3. The number of ether oxygens (including phenoxy) is 1. The fourth-order valence-electron chi connectivity index (χ4n) is 2.91.